The van der Waals surface area contributed by atoms with Crippen molar-refractivity contribution in [1.82, 2.24) is 0 Å². The van der Waals surface area contributed by atoms with Crippen molar-refractivity contribution in [2.45, 2.75) is 20.0 Å². The summed E-state index contributed by atoms with van der Waals surface area (Å²) in [4.78, 5) is 10.4. The molecule has 0 aromatic heterocycles. The van der Waals surface area contributed by atoms with E-state index in [4.69, 9.17) is 16.3 Å². The number of rotatable bonds is 4. The van der Waals surface area contributed by atoms with Crippen molar-refractivity contribution in [3.63, 3.8) is 0 Å². The van der Waals surface area contributed by atoms with Gasteiger partial charge in [0.05, 0.1) is 12.0 Å². The van der Waals surface area contributed by atoms with Crippen molar-refractivity contribution in [3.8, 4) is 12.3 Å². The predicted molar refractivity (Wildman–Crippen MR) is 41.0 cm³/mol. The van der Waals surface area contributed by atoms with Crippen LogP contribution in [-0.4, -0.2) is 23.8 Å². The number of carboxylic acids is 1. The molecule has 0 aromatic carbocycles. The summed E-state index contributed by atoms with van der Waals surface area (Å²) in [7, 11) is 0. The van der Waals surface area contributed by atoms with E-state index in [-0.39, 0.29) is 12.7 Å². The number of hydrogen-bond donors (Lipinski definition) is 1. The summed E-state index contributed by atoms with van der Waals surface area (Å²) in [6, 6.07) is 0. The fourth-order valence-corrected chi connectivity index (χ4v) is 0.525. The Hall–Kier alpha value is -1.01. The molecule has 0 aromatic rings. The van der Waals surface area contributed by atoms with Crippen LogP contribution in [-0.2, 0) is 9.53 Å². The van der Waals surface area contributed by atoms with E-state index in [2.05, 4.69) is 5.92 Å². The van der Waals surface area contributed by atoms with E-state index >= 15 is 0 Å². The lowest BCUT2D eigenvalue weighted by Gasteiger charge is -2.14. The predicted octanol–water partition coefficient (Wildman–Crippen LogP) is 0.745. The Bertz CT molecular complexity index is 169. The Labute approximate surface area is 66.4 Å². The van der Waals surface area contributed by atoms with Crippen LogP contribution in [0.4, 0.5) is 0 Å². The van der Waals surface area contributed by atoms with Crippen LogP contribution in [0.1, 0.15) is 13.8 Å². The van der Waals surface area contributed by atoms with E-state index in [1.54, 1.807) is 13.8 Å². The normalized spacial score (nSPS) is 15.0. The van der Waals surface area contributed by atoms with Gasteiger partial charge in [0.25, 0.3) is 0 Å². The second-order valence-corrected chi connectivity index (χ2v) is 2.35. The second-order valence-electron chi connectivity index (χ2n) is 2.35. The SMILES string of the molecule is C#CCO[C@H](C)[C@H](C)C(=O)O. The third-order valence-corrected chi connectivity index (χ3v) is 1.52. The highest BCUT2D eigenvalue weighted by molar-refractivity contribution is 5.70. The molecule has 0 aliphatic heterocycles. The smallest absolute Gasteiger partial charge is 0.308 e. The van der Waals surface area contributed by atoms with E-state index < -0.39 is 11.9 Å². The molecule has 0 rings (SSSR count). The van der Waals surface area contributed by atoms with E-state index in [0.29, 0.717) is 0 Å². The molecule has 3 nitrogen and oxygen atoms in total. The van der Waals surface area contributed by atoms with Crippen LogP contribution in [0.5, 0.6) is 0 Å². The molecule has 0 saturated carbocycles. The van der Waals surface area contributed by atoms with Crippen molar-refractivity contribution < 1.29 is 14.6 Å². The van der Waals surface area contributed by atoms with Crippen LogP contribution in [0.15, 0.2) is 0 Å². The molecule has 0 bridgehead atoms. The first kappa shape index (κ1) is 9.99. The molecule has 0 amide bonds. The Morgan fingerprint density at radius 2 is 2.27 bits per heavy atom. The fraction of sp³-hybridized carbons (Fsp3) is 0.625. The maximum Gasteiger partial charge on any atom is 0.308 e. The third kappa shape index (κ3) is 3.64. The lowest BCUT2D eigenvalue weighted by atomic mass is 10.1. The Morgan fingerprint density at radius 3 is 2.64 bits per heavy atom. The summed E-state index contributed by atoms with van der Waals surface area (Å²) in [6.07, 6.45) is 4.60. The number of carbonyl (C=O) groups is 1. The number of terminal acetylenes is 1. The van der Waals surface area contributed by atoms with E-state index in [9.17, 15) is 4.79 Å². The first-order valence-electron chi connectivity index (χ1n) is 3.37. The van der Waals surface area contributed by atoms with Crippen LogP contribution < -0.4 is 0 Å². The fourth-order valence-electron chi connectivity index (χ4n) is 0.525. The van der Waals surface area contributed by atoms with Crippen LogP contribution in [0.2, 0.25) is 0 Å². The summed E-state index contributed by atoms with van der Waals surface area (Å²) in [5, 5.41) is 8.52. The number of ether oxygens (including phenoxy) is 1. The summed E-state index contributed by atoms with van der Waals surface area (Å²) >= 11 is 0. The van der Waals surface area contributed by atoms with E-state index in [1.165, 1.54) is 0 Å². The van der Waals surface area contributed by atoms with Gasteiger partial charge >= 0.3 is 5.97 Å². The molecule has 3 heteroatoms. The maximum atomic E-state index is 10.4. The second kappa shape index (κ2) is 4.75. The molecule has 0 aliphatic carbocycles. The molecule has 62 valence electrons. The Kier molecular flexibility index (Phi) is 4.32. The van der Waals surface area contributed by atoms with Crippen LogP contribution >= 0.6 is 0 Å². The lowest BCUT2D eigenvalue weighted by molar-refractivity contribution is -0.145. The Balaban J connectivity index is 3.75. The van der Waals surface area contributed by atoms with Crippen LogP contribution in [0.3, 0.4) is 0 Å². The van der Waals surface area contributed by atoms with Gasteiger partial charge in [0.2, 0.25) is 0 Å². The quantitative estimate of drug-likeness (QED) is 0.611. The molecule has 11 heavy (non-hydrogen) atoms. The third-order valence-electron chi connectivity index (χ3n) is 1.52. The molecule has 0 unspecified atom stereocenters. The minimum Gasteiger partial charge on any atom is -0.481 e. The molecule has 0 aliphatic rings. The van der Waals surface area contributed by atoms with Gasteiger partial charge in [-0.15, -0.1) is 6.42 Å². The van der Waals surface area contributed by atoms with Gasteiger partial charge in [-0.25, -0.2) is 0 Å². The van der Waals surface area contributed by atoms with Gasteiger partial charge in [-0.1, -0.05) is 5.92 Å². The van der Waals surface area contributed by atoms with Gasteiger partial charge in [-0.05, 0) is 13.8 Å². The zero-order valence-corrected chi connectivity index (χ0v) is 6.70. The van der Waals surface area contributed by atoms with Crippen molar-refractivity contribution in [2.75, 3.05) is 6.61 Å². The molecule has 0 saturated heterocycles. The van der Waals surface area contributed by atoms with Gasteiger partial charge in [-0.2, -0.15) is 0 Å². The van der Waals surface area contributed by atoms with Crippen molar-refractivity contribution in [3.05, 3.63) is 0 Å². The first-order chi connectivity index (χ1) is 5.09. The largest absolute Gasteiger partial charge is 0.481 e. The number of aliphatic carboxylic acids is 1. The average Bonchev–Trinajstić information content (AvgIpc) is 1.98. The van der Waals surface area contributed by atoms with E-state index in [1.807, 2.05) is 0 Å². The van der Waals surface area contributed by atoms with Gasteiger partial charge < -0.3 is 9.84 Å². The molecule has 1 N–H and O–H groups in total. The molecule has 0 spiro atoms. The van der Waals surface area contributed by atoms with Crippen molar-refractivity contribution in [2.24, 2.45) is 5.92 Å². The average molecular weight is 156 g/mol. The minimum absolute atomic E-state index is 0.165. The van der Waals surface area contributed by atoms with Gasteiger partial charge in [-0.3, -0.25) is 4.79 Å². The van der Waals surface area contributed by atoms with Gasteiger partial charge in [0.15, 0.2) is 0 Å². The van der Waals surface area contributed by atoms with E-state index in [0.717, 1.165) is 0 Å². The summed E-state index contributed by atoms with van der Waals surface area (Å²) < 4.78 is 5.00. The van der Waals surface area contributed by atoms with Crippen molar-refractivity contribution in [1.29, 1.82) is 0 Å². The standard InChI is InChI=1S/C8H12O3/c1-4-5-11-7(3)6(2)8(9)10/h1,6-7H,5H2,2-3H3,(H,9,10)/t6-,7+/m0/s1. The molecule has 0 radical (unpaired) electrons. The molecular formula is C8H12O3. The monoisotopic (exact) mass is 156 g/mol. The summed E-state index contributed by atoms with van der Waals surface area (Å²) in [5.74, 6) is 0.900. The Morgan fingerprint density at radius 1 is 1.73 bits per heavy atom. The zero-order chi connectivity index (χ0) is 8.85. The number of hydrogen-bond acceptors (Lipinski definition) is 2. The summed E-state index contributed by atoms with van der Waals surface area (Å²) in [5.41, 5.74) is 0. The molecular weight excluding hydrogens is 144 g/mol. The highest BCUT2D eigenvalue weighted by Crippen LogP contribution is 2.05. The molecule has 0 heterocycles. The molecule has 0 fully saturated rings. The van der Waals surface area contributed by atoms with Crippen LogP contribution in [0, 0.1) is 18.3 Å². The number of carboxylic acid groups (broad SMARTS) is 1. The lowest BCUT2D eigenvalue weighted by Crippen LogP contribution is -2.25. The van der Waals surface area contributed by atoms with Gasteiger partial charge in [0.1, 0.15) is 6.61 Å². The topological polar surface area (TPSA) is 46.5 Å². The van der Waals surface area contributed by atoms with Crippen LogP contribution in [0.25, 0.3) is 0 Å². The van der Waals surface area contributed by atoms with Crippen molar-refractivity contribution >= 4 is 5.97 Å². The molecule has 2 atom stereocenters. The summed E-state index contributed by atoms with van der Waals surface area (Å²) in [6.45, 7) is 3.44. The zero-order valence-electron chi connectivity index (χ0n) is 6.70. The minimum atomic E-state index is -0.866. The first-order valence-corrected chi connectivity index (χ1v) is 3.37. The maximum absolute atomic E-state index is 10.4. The highest BCUT2D eigenvalue weighted by Gasteiger charge is 2.18. The highest BCUT2D eigenvalue weighted by atomic mass is 16.5. The van der Waals surface area contributed by atoms with Gasteiger partial charge in [0, 0.05) is 0 Å².